The average Bonchev–Trinajstić information content (AvgIpc) is 2.52. The van der Waals surface area contributed by atoms with Gasteiger partial charge in [0.05, 0.1) is 16.2 Å². The van der Waals surface area contributed by atoms with E-state index in [2.05, 4.69) is 4.98 Å². The van der Waals surface area contributed by atoms with Gasteiger partial charge in [0.2, 0.25) is 0 Å². The fourth-order valence-electron chi connectivity index (χ4n) is 2.39. The van der Waals surface area contributed by atoms with Gasteiger partial charge >= 0.3 is 0 Å². The lowest BCUT2D eigenvalue weighted by Crippen LogP contribution is -1.95. The Morgan fingerprint density at radius 1 is 0.760 bits per heavy atom. The van der Waals surface area contributed by atoms with Crippen LogP contribution in [-0.2, 0) is 0 Å². The third-order valence-corrected chi connectivity index (χ3v) is 4.28. The first-order valence-electron chi connectivity index (χ1n) is 6.91. The number of hydrogen-bond acceptors (Lipinski definition) is 3. The third kappa shape index (κ3) is 4.05. The van der Waals surface area contributed by atoms with Crippen molar-refractivity contribution >= 4 is 52.1 Å². The van der Waals surface area contributed by atoms with E-state index in [1.54, 1.807) is 42.5 Å². The highest BCUT2D eigenvalue weighted by atomic mass is 35.5. The van der Waals surface area contributed by atoms with Crippen molar-refractivity contribution in [2.75, 3.05) is 0 Å². The zero-order valence-electron chi connectivity index (χ0n) is 12.3. The molecule has 0 bridgehead atoms. The first-order chi connectivity index (χ1) is 11.8. The van der Waals surface area contributed by atoms with Crippen LogP contribution in [0, 0.1) is 10.1 Å². The molecule has 25 heavy (non-hydrogen) atoms. The van der Waals surface area contributed by atoms with Gasteiger partial charge < -0.3 is 0 Å². The van der Waals surface area contributed by atoms with Crippen LogP contribution in [0.2, 0.25) is 20.1 Å². The van der Waals surface area contributed by atoms with Crippen LogP contribution in [0.25, 0.3) is 22.4 Å². The molecule has 1 aromatic heterocycles. The Morgan fingerprint density at radius 2 is 1.24 bits per heavy atom. The Kier molecular flexibility index (Phi) is 5.16. The largest absolute Gasteiger partial charge is 0.295 e. The lowest BCUT2D eigenvalue weighted by atomic mass is 10.0. The van der Waals surface area contributed by atoms with Gasteiger partial charge in [0.25, 0.3) is 5.69 Å². The van der Waals surface area contributed by atoms with E-state index >= 15 is 0 Å². The van der Waals surface area contributed by atoms with Crippen LogP contribution in [0.3, 0.4) is 0 Å². The Morgan fingerprint density at radius 3 is 1.72 bits per heavy atom. The molecule has 8 heteroatoms. The summed E-state index contributed by atoms with van der Waals surface area (Å²) in [6.07, 6.45) is 1.19. The van der Waals surface area contributed by atoms with Crippen molar-refractivity contribution in [1.82, 2.24) is 4.98 Å². The maximum Gasteiger partial charge on any atom is 0.295 e. The fourth-order valence-corrected chi connectivity index (χ4v) is 3.45. The van der Waals surface area contributed by atoms with Crippen LogP contribution < -0.4 is 0 Å². The van der Waals surface area contributed by atoms with Gasteiger partial charge in [-0.3, -0.25) is 10.1 Å². The van der Waals surface area contributed by atoms with Crippen molar-refractivity contribution in [3.63, 3.8) is 0 Å². The standard InChI is InChI=1S/C17H8Cl4N2O2/c18-11-1-9(2-12(19)5-11)15-7-16(22-8-17(15)23(24)25)10-3-13(20)6-14(21)4-10/h1-8H. The van der Waals surface area contributed by atoms with Crippen LogP contribution in [0.15, 0.2) is 48.7 Å². The molecule has 3 rings (SSSR count). The Balaban J connectivity index is 2.23. The van der Waals surface area contributed by atoms with Crippen molar-refractivity contribution in [3.8, 4) is 22.4 Å². The maximum absolute atomic E-state index is 11.4. The van der Waals surface area contributed by atoms with Crippen LogP contribution in [0.5, 0.6) is 0 Å². The summed E-state index contributed by atoms with van der Waals surface area (Å²) >= 11 is 24.1. The predicted octanol–water partition coefficient (Wildman–Crippen LogP) is 6.94. The molecule has 3 aromatic rings. The molecule has 0 aliphatic rings. The number of benzene rings is 2. The zero-order valence-corrected chi connectivity index (χ0v) is 15.4. The van der Waals surface area contributed by atoms with Crippen molar-refractivity contribution in [3.05, 3.63) is 78.9 Å². The van der Waals surface area contributed by atoms with E-state index in [-0.39, 0.29) is 5.69 Å². The highest BCUT2D eigenvalue weighted by molar-refractivity contribution is 6.35. The lowest BCUT2D eigenvalue weighted by molar-refractivity contribution is -0.384. The van der Waals surface area contributed by atoms with Gasteiger partial charge in [-0.15, -0.1) is 0 Å². The predicted molar refractivity (Wildman–Crippen MR) is 102 cm³/mol. The minimum Gasteiger partial charge on any atom is -0.258 e. The summed E-state index contributed by atoms with van der Waals surface area (Å²) in [6, 6.07) is 11.3. The Labute approximate surface area is 163 Å². The summed E-state index contributed by atoms with van der Waals surface area (Å²) in [5, 5.41) is 13.0. The molecule has 0 saturated carbocycles. The molecule has 0 spiro atoms. The summed E-state index contributed by atoms with van der Waals surface area (Å²) in [5.74, 6) is 0. The smallest absolute Gasteiger partial charge is 0.258 e. The van der Waals surface area contributed by atoms with Gasteiger partial charge in [0.15, 0.2) is 0 Å². The summed E-state index contributed by atoms with van der Waals surface area (Å²) in [7, 11) is 0. The lowest BCUT2D eigenvalue weighted by Gasteiger charge is -2.08. The molecule has 0 amide bonds. The molecule has 126 valence electrons. The van der Waals surface area contributed by atoms with Gasteiger partial charge in [-0.1, -0.05) is 46.4 Å². The van der Waals surface area contributed by atoms with E-state index in [4.69, 9.17) is 46.4 Å². The van der Waals surface area contributed by atoms with Gasteiger partial charge in [0.1, 0.15) is 6.20 Å². The van der Waals surface area contributed by atoms with E-state index in [9.17, 15) is 10.1 Å². The second-order valence-corrected chi connectivity index (χ2v) is 6.91. The summed E-state index contributed by atoms with van der Waals surface area (Å²) in [5.41, 5.74) is 1.83. The molecule has 0 fully saturated rings. The molecule has 2 aromatic carbocycles. The normalized spacial score (nSPS) is 10.7. The second-order valence-electron chi connectivity index (χ2n) is 5.16. The maximum atomic E-state index is 11.4. The van der Waals surface area contributed by atoms with Crippen LogP contribution in [-0.4, -0.2) is 9.91 Å². The minimum atomic E-state index is -0.508. The van der Waals surface area contributed by atoms with Crippen molar-refractivity contribution in [2.24, 2.45) is 0 Å². The molecule has 0 saturated heterocycles. The molecule has 0 atom stereocenters. The molecule has 0 radical (unpaired) electrons. The molecule has 0 aliphatic carbocycles. The summed E-state index contributed by atoms with van der Waals surface area (Å²) in [4.78, 5) is 15.0. The topological polar surface area (TPSA) is 56.0 Å². The number of rotatable bonds is 3. The Hall–Kier alpha value is -1.85. The highest BCUT2D eigenvalue weighted by Crippen LogP contribution is 2.36. The SMILES string of the molecule is O=[N+]([O-])c1cnc(-c2cc(Cl)cc(Cl)c2)cc1-c1cc(Cl)cc(Cl)c1. The van der Waals surface area contributed by atoms with Crippen molar-refractivity contribution < 1.29 is 4.92 Å². The van der Waals surface area contributed by atoms with E-state index < -0.39 is 4.92 Å². The number of pyridine rings is 1. The molecule has 0 N–H and O–H groups in total. The van der Waals surface area contributed by atoms with E-state index in [1.165, 1.54) is 6.20 Å². The molecule has 0 aliphatic heterocycles. The quantitative estimate of drug-likeness (QED) is 0.345. The number of nitro groups is 1. The van der Waals surface area contributed by atoms with Crippen LogP contribution in [0.1, 0.15) is 0 Å². The van der Waals surface area contributed by atoms with Gasteiger partial charge in [-0.25, -0.2) is 4.98 Å². The number of hydrogen-bond donors (Lipinski definition) is 0. The highest BCUT2D eigenvalue weighted by Gasteiger charge is 2.19. The molecular weight excluding hydrogens is 406 g/mol. The average molecular weight is 414 g/mol. The number of halogens is 4. The van der Waals surface area contributed by atoms with Gasteiger partial charge in [0, 0.05) is 25.7 Å². The van der Waals surface area contributed by atoms with E-state index in [0.717, 1.165) is 0 Å². The van der Waals surface area contributed by atoms with Gasteiger partial charge in [-0.2, -0.15) is 0 Å². The minimum absolute atomic E-state index is 0.157. The van der Waals surface area contributed by atoms with Crippen LogP contribution in [0.4, 0.5) is 5.69 Å². The zero-order chi connectivity index (χ0) is 18.1. The molecule has 4 nitrogen and oxygen atoms in total. The van der Waals surface area contributed by atoms with Gasteiger partial charge in [-0.05, 0) is 48.0 Å². The second kappa shape index (κ2) is 7.18. The fraction of sp³-hybridized carbons (Fsp3) is 0. The number of aromatic nitrogens is 1. The molecule has 1 heterocycles. The summed E-state index contributed by atoms with van der Waals surface area (Å²) < 4.78 is 0. The first-order valence-corrected chi connectivity index (χ1v) is 8.42. The summed E-state index contributed by atoms with van der Waals surface area (Å²) in [6.45, 7) is 0. The third-order valence-electron chi connectivity index (χ3n) is 3.41. The molecule has 0 unspecified atom stereocenters. The van der Waals surface area contributed by atoms with Crippen molar-refractivity contribution in [2.45, 2.75) is 0 Å². The van der Waals surface area contributed by atoms with E-state index in [0.29, 0.717) is 42.5 Å². The van der Waals surface area contributed by atoms with E-state index in [1.807, 2.05) is 0 Å². The number of nitrogens with zero attached hydrogens (tertiary/aromatic N) is 2. The molecular formula is C17H8Cl4N2O2. The first kappa shape index (κ1) is 18.0. The van der Waals surface area contributed by atoms with Crippen LogP contribution >= 0.6 is 46.4 Å². The Bertz CT molecular complexity index is 952. The monoisotopic (exact) mass is 412 g/mol. The van der Waals surface area contributed by atoms with Crippen molar-refractivity contribution in [1.29, 1.82) is 0 Å².